The Balaban J connectivity index is 2.33. The van der Waals surface area contributed by atoms with Gasteiger partial charge in [0.2, 0.25) is 0 Å². The van der Waals surface area contributed by atoms with Gasteiger partial charge in [-0.05, 0) is 22.9 Å². The maximum absolute atomic E-state index is 12.1. The third-order valence-corrected chi connectivity index (χ3v) is 3.47. The van der Waals surface area contributed by atoms with Crippen LogP contribution < -0.4 is 11.2 Å². The van der Waals surface area contributed by atoms with Crippen LogP contribution in [0.3, 0.4) is 0 Å². The van der Waals surface area contributed by atoms with Crippen LogP contribution in [0.1, 0.15) is 0 Å². The summed E-state index contributed by atoms with van der Waals surface area (Å²) in [6, 6.07) is 11.6. The van der Waals surface area contributed by atoms with Crippen molar-refractivity contribution in [2.75, 3.05) is 0 Å². The molecule has 2 heterocycles. The second kappa shape index (κ2) is 3.77. The Morgan fingerprint density at radius 3 is 2.30 bits per heavy atom. The zero-order valence-electron chi connectivity index (χ0n) is 10.3. The predicted octanol–water partition coefficient (Wildman–Crippen LogP) is 1.92. The molecule has 0 aliphatic heterocycles. The summed E-state index contributed by atoms with van der Waals surface area (Å²) in [6.45, 7) is 0. The van der Waals surface area contributed by atoms with Crippen molar-refractivity contribution in [2.45, 2.75) is 0 Å². The van der Waals surface area contributed by atoms with Gasteiger partial charge in [-0.2, -0.15) is 0 Å². The molecule has 5 nitrogen and oxygen atoms in total. The smallest absolute Gasteiger partial charge is 0.307 e. The Labute approximate surface area is 111 Å². The van der Waals surface area contributed by atoms with Gasteiger partial charge < -0.3 is 4.98 Å². The fourth-order valence-corrected chi connectivity index (χ4v) is 2.53. The summed E-state index contributed by atoms with van der Waals surface area (Å²) in [6.07, 6.45) is 1.49. The van der Waals surface area contributed by atoms with Gasteiger partial charge in [0, 0.05) is 22.4 Å². The second-order valence-electron chi connectivity index (χ2n) is 4.68. The van der Waals surface area contributed by atoms with Gasteiger partial charge in [-0.3, -0.25) is 9.78 Å². The lowest BCUT2D eigenvalue weighted by Crippen LogP contribution is -2.14. The number of aromatic nitrogens is 3. The Hall–Kier alpha value is -2.95. The SMILES string of the molecule is O=c1ncc2c([nH]1)[nH]c(=O)c1cc3ccccc3cc12. The Kier molecular flexibility index (Phi) is 2.06. The highest BCUT2D eigenvalue weighted by Gasteiger charge is 2.07. The third kappa shape index (κ3) is 1.46. The summed E-state index contributed by atoms with van der Waals surface area (Å²) in [5.41, 5.74) is -0.300. The van der Waals surface area contributed by atoms with E-state index in [0.717, 1.165) is 21.5 Å². The number of benzene rings is 2. The Morgan fingerprint density at radius 2 is 1.55 bits per heavy atom. The van der Waals surface area contributed by atoms with Gasteiger partial charge in [0.05, 0.1) is 0 Å². The van der Waals surface area contributed by atoms with Gasteiger partial charge in [-0.15, -0.1) is 0 Å². The van der Waals surface area contributed by atoms with E-state index in [1.807, 2.05) is 36.4 Å². The largest absolute Gasteiger partial charge is 0.346 e. The van der Waals surface area contributed by atoms with Crippen LogP contribution in [0.5, 0.6) is 0 Å². The standard InChI is InChI=1S/C15H9N3O2/c19-14-11-6-9-4-2-1-3-8(9)5-10(11)12-7-16-15(20)18-13(12)17-14/h1-7H,(H2,16,17,18,19,20). The van der Waals surface area contributed by atoms with E-state index >= 15 is 0 Å². The molecule has 0 atom stereocenters. The molecule has 20 heavy (non-hydrogen) atoms. The number of hydrogen-bond acceptors (Lipinski definition) is 3. The van der Waals surface area contributed by atoms with E-state index in [0.29, 0.717) is 11.0 Å². The minimum Gasteiger partial charge on any atom is -0.307 e. The normalized spacial score (nSPS) is 11.4. The summed E-state index contributed by atoms with van der Waals surface area (Å²) >= 11 is 0. The highest BCUT2D eigenvalue weighted by molar-refractivity contribution is 6.09. The molecule has 0 bridgehead atoms. The molecule has 0 saturated heterocycles. The number of fused-ring (bicyclic) bond motifs is 4. The number of pyridine rings is 1. The summed E-state index contributed by atoms with van der Waals surface area (Å²) in [5.74, 6) is 0. The first-order valence-corrected chi connectivity index (χ1v) is 6.16. The molecule has 0 fully saturated rings. The summed E-state index contributed by atoms with van der Waals surface area (Å²) in [7, 11) is 0. The van der Waals surface area contributed by atoms with Crippen molar-refractivity contribution in [1.29, 1.82) is 0 Å². The van der Waals surface area contributed by atoms with Crippen molar-refractivity contribution in [3.63, 3.8) is 0 Å². The Morgan fingerprint density at radius 1 is 0.850 bits per heavy atom. The van der Waals surface area contributed by atoms with Gasteiger partial charge in [0.25, 0.3) is 5.56 Å². The zero-order valence-corrected chi connectivity index (χ0v) is 10.3. The highest BCUT2D eigenvalue weighted by atomic mass is 16.1. The molecule has 0 saturated carbocycles. The average Bonchev–Trinajstić information content (AvgIpc) is 2.45. The molecular weight excluding hydrogens is 254 g/mol. The van der Waals surface area contributed by atoms with Crippen LogP contribution in [0.25, 0.3) is 32.6 Å². The predicted molar refractivity (Wildman–Crippen MR) is 78.0 cm³/mol. The number of aromatic amines is 2. The molecule has 96 valence electrons. The van der Waals surface area contributed by atoms with E-state index in [2.05, 4.69) is 15.0 Å². The highest BCUT2D eigenvalue weighted by Crippen LogP contribution is 2.24. The zero-order chi connectivity index (χ0) is 13.7. The van der Waals surface area contributed by atoms with Crippen LogP contribution in [0.2, 0.25) is 0 Å². The molecule has 0 amide bonds. The first kappa shape index (κ1) is 10.9. The number of rotatable bonds is 0. The first-order valence-electron chi connectivity index (χ1n) is 6.16. The van der Waals surface area contributed by atoms with Crippen molar-refractivity contribution in [1.82, 2.24) is 15.0 Å². The van der Waals surface area contributed by atoms with Crippen molar-refractivity contribution >= 4 is 32.6 Å². The summed E-state index contributed by atoms with van der Waals surface area (Å²) in [5, 5.41) is 4.14. The summed E-state index contributed by atoms with van der Waals surface area (Å²) in [4.78, 5) is 32.4. The fraction of sp³-hybridized carbons (Fsp3) is 0. The monoisotopic (exact) mass is 263 g/mol. The first-order chi connectivity index (χ1) is 9.72. The molecule has 4 rings (SSSR count). The van der Waals surface area contributed by atoms with E-state index < -0.39 is 5.69 Å². The molecule has 0 aliphatic rings. The van der Waals surface area contributed by atoms with E-state index in [1.54, 1.807) is 0 Å². The quantitative estimate of drug-likeness (QED) is 0.376. The van der Waals surface area contributed by atoms with Crippen LogP contribution in [0, 0.1) is 0 Å². The number of nitrogens with zero attached hydrogens (tertiary/aromatic N) is 1. The molecule has 5 heteroatoms. The fourth-order valence-electron chi connectivity index (χ4n) is 2.53. The lowest BCUT2D eigenvalue weighted by atomic mass is 10.0. The lowest BCUT2D eigenvalue weighted by Gasteiger charge is -2.05. The number of nitrogens with one attached hydrogen (secondary N) is 2. The summed E-state index contributed by atoms with van der Waals surface area (Å²) < 4.78 is 0. The van der Waals surface area contributed by atoms with Gasteiger partial charge in [-0.1, -0.05) is 24.3 Å². The molecule has 2 aromatic carbocycles. The average molecular weight is 263 g/mol. The van der Waals surface area contributed by atoms with Gasteiger partial charge in [-0.25, -0.2) is 9.78 Å². The molecule has 2 N–H and O–H groups in total. The molecule has 0 radical (unpaired) electrons. The number of hydrogen-bond donors (Lipinski definition) is 2. The van der Waals surface area contributed by atoms with Gasteiger partial charge in [0.1, 0.15) is 5.65 Å². The maximum atomic E-state index is 12.1. The van der Waals surface area contributed by atoms with E-state index in [9.17, 15) is 9.59 Å². The number of H-pyrrole nitrogens is 2. The third-order valence-electron chi connectivity index (χ3n) is 3.47. The van der Waals surface area contributed by atoms with Crippen molar-refractivity contribution in [3.05, 3.63) is 63.4 Å². The molecule has 4 aromatic rings. The molecule has 0 aliphatic carbocycles. The molecular formula is C15H9N3O2. The van der Waals surface area contributed by atoms with Crippen LogP contribution in [-0.4, -0.2) is 15.0 Å². The maximum Gasteiger partial charge on any atom is 0.346 e. The molecule has 2 aromatic heterocycles. The molecule has 0 unspecified atom stereocenters. The minimum atomic E-state index is -0.478. The van der Waals surface area contributed by atoms with E-state index in [1.165, 1.54) is 6.20 Å². The van der Waals surface area contributed by atoms with Gasteiger partial charge >= 0.3 is 5.69 Å². The van der Waals surface area contributed by atoms with Crippen LogP contribution >= 0.6 is 0 Å². The van der Waals surface area contributed by atoms with Crippen LogP contribution in [-0.2, 0) is 0 Å². The lowest BCUT2D eigenvalue weighted by molar-refractivity contribution is 1.09. The van der Waals surface area contributed by atoms with E-state index in [-0.39, 0.29) is 5.56 Å². The molecule has 0 spiro atoms. The van der Waals surface area contributed by atoms with Crippen molar-refractivity contribution in [2.24, 2.45) is 0 Å². The van der Waals surface area contributed by atoms with Gasteiger partial charge in [0.15, 0.2) is 0 Å². The van der Waals surface area contributed by atoms with Crippen LogP contribution in [0.4, 0.5) is 0 Å². The Bertz CT molecular complexity index is 1090. The van der Waals surface area contributed by atoms with Crippen LogP contribution in [0.15, 0.2) is 52.2 Å². The van der Waals surface area contributed by atoms with E-state index in [4.69, 9.17) is 0 Å². The van der Waals surface area contributed by atoms with Crippen molar-refractivity contribution < 1.29 is 0 Å². The topological polar surface area (TPSA) is 78.6 Å². The van der Waals surface area contributed by atoms with Crippen molar-refractivity contribution in [3.8, 4) is 0 Å². The second-order valence-corrected chi connectivity index (χ2v) is 4.68. The minimum absolute atomic E-state index is 0.222.